The van der Waals surface area contributed by atoms with E-state index in [4.69, 9.17) is 18.9 Å². The van der Waals surface area contributed by atoms with Gasteiger partial charge in [-0.3, -0.25) is 9.59 Å². The summed E-state index contributed by atoms with van der Waals surface area (Å²) in [6, 6.07) is 15.7. The second-order valence-corrected chi connectivity index (χ2v) is 8.66. The van der Waals surface area contributed by atoms with E-state index in [1.165, 1.54) is 21.3 Å². The molecule has 9 nitrogen and oxygen atoms in total. The third-order valence-electron chi connectivity index (χ3n) is 6.46. The van der Waals surface area contributed by atoms with Crippen LogP contribution in [0.2, 0.25) is 0 Å². The summed E-state index contributed by atoms with van der Waals surface area (Å²) in [7, 11) is 6.15. The number of carbonyl (C=O) groups excluding carboxylic acids is 2. The summed E-state index contributed by atoms with van der Waals surface area (Å²) in [4.78, 5) is 33.2. The van der Waals surface area contributed by atoms with Crippen LogP contribution >= 0.6 is 0 Å². The highest BCUT2D eigenvalue weighted by Gasteiger charge is 2.42. The summed E-state index contributed by atoms with van der Waals surface area (Å²) in [5, 5.41) is 2.94. The third-order valence-corrected chi connectivity index (χ3v) is 6.46. The van der Waals surface area contributed by atoms with Crippen LogP contribution in [0.4, 0.5) is 11.5 Å². The minimum atomic E-state index is -0.597. The Balaban J connectivity index is 1.81. The molecule has 1 aliphatic heterocycles. The minimum Gasteiger partial charge on any atom is -0.497 e. The molecule has 2 atom stereocenters. The number of aryl methyl sites for hydroxylation is 1. The molecule has 4 rings (SSSR count). The molecular formula is C28H31N3O6. The zero-order chi connectivity index (χ0) is 26.5. The molecular weight excluding hydrogens is 474 g/mol. The molecule has 1 aliphatic rings. The van der Waals surface area contributed by atoms with E-state index in [-0.39, 0.29) is 18.2 Å². The molecule has 2 aromatic carbocycles. The van der Waals surface area contributed by atoms with Crippen LogP contribution in [0.15, 0.2) is 54.6 Å². The Kier molecular flexibility index (Phi) is 7.81. The number of methoxy groups -OCH3 is 4. The fourth-order valence-electron chi connectivity index (χ4n) is 4.69. The Labute approximate surface area is 216 Å². The highest BCUT2D eigenvalue weighted by atomic mass is 16.5. The number of hydrogen-bond donors (Lipinski definition) is 1. The molecule has 0 spiro atoms. The molecule has 2 heterocycles. The highest BCUT2D eigenvalue weighted by molar-refractivity contribution is 6.00. The van der Waals surface area contributed by atoms with Gasteiger partial charge in [0.1, 0.15) is 11.6 Å². The van der Waals surface area contributed by atoms with Crippen LogP contribution in [0.1, 0.15) is 30.1 Å². The lowest BCUT2D eigenvalue weighted by Gasteiger charge is -2.41. The molecule has 3 aromatic rings. The van der Waals surface area contributed by atoms with Crippen LogP contribution in [-0.2, 0) is 9.59 Å². The molecule has 0 radical (unpaired) electrons. The van der Waals surface area contributed by atoms with Gasteiger partial charge in [0.2, 0.25) is 17.6 Å². The average Bonchev–Trinajstić information content (AvgIpc) is 2.92. The van der Waals surface area contributed by atoms with Crippen molar-refractivity contribution in [3.63, 3.8) is 0 Å². The molecule has 2 unspecified atom stereocenters. The zero-order valence-electron chi connectivity index (χ0n) is 21.6. The lowest BCUT2D eigenvalue weighted by atomic mass is 9.83. The van der Waals surface area contributed by atoms with Gasteiger partial charge in [0.05, 0.1) is 46.1 Å². The van der Waals surface area contributed by atoms with Crippen LogP contribution in [0.5, 0.6) is 23.0 Å². The number of anilines is 2. The average molecular weight is 506 g/mol. The quantitative estimate of drug-likeness (QED) is 0.480. The lowest BCUT2D eigenvalue weighted by Crippen LogP contribution is -2.47. The topological polar surface area (TPSA) is 99.2 Å². The number of ether oxygens (including phenoxy) is 4. The zero-order valence-corrected chi connectivity index (χ0v) is 21.6. The van der Waals surface area contributed by atoms with Crippen LogP contribution in [0, 0.1) is 12.8 Å². The molecule has 1 saturated heterocycles. The number of nitrogens with zero attached hydrogens (tertiary/aromatic N) is 2. The van der Waals surface area contributed by atoms with Crippen molar-refractivity contribution in [3.8, 4) is 23.0 Å². The molecule has 0 bridgehead atoms. The summed E-state index contributed by atoms with van der Waals surface area (Å²) in [6.07, 6.45) is 0.580. The van der Waals surface area contributed by atoms with Crippen molar-refractivity contribution >= 4 is 23.3 Å². The van der Waals surface area contributed by atoms with Gasteiger partial charge in [-0.25, -0.2) is 4.98 Å². The van der Waals surface area contributed by atoms with Gasteiger partial charge >= 0.3 is 0 Å². The number of nitrogens with one attached hydrogen (secondary N) is 1. The van der Waals surface area contributed by atoms with Crippen molar-refractivity contribution in [2.24, 2.45) is 5.92 Å². The Bertz CT molecular complexity index is 1250. The fourth-order valence-corrected chi connectivity index (χ4v) is 4.69. The van der Waals surface area contributed by atoms with E-state index < -0.39 is 12.0 Å². The molecule has 2 amide bonds. The van der Waals surface area contributed by atoms with Gasteiger partial charge in [0.15, 0.2) is 11.5 Å². The van der Waals surface area contributed by atoms with Gasteiger partial charge in [-0.1, -0.05) is 18.2 Å². The maximum absolute atomic E-state index is 13.6. The predicted molar refractivity (Wildman–Crippen MR) is 140 cm³/mol. The Morgan fingerprint density at radius 3 is 2.19 bits per heavy atom. The Morgan fingerprint density at radius 2 is 1.62 bits per heavy atom. The molecule has 1 N–H and O–H groups in total. The van der Waals surface area contributed by atoms with E-state index in [9.17, 15) is 9.59 Å². The van der Waals surface area contributed by atoms with Gasteiger partial charge in [-0.15, -0.1) is 0 Å². The van der Waals surface area contributed by atoms with Crippen LogP contribution in [0.25, 0.3) is 0 Å². The largest absolute Gasteiger partial charge is 0.497 e. The van der Waals surface area contributed by atoms with Crippen molar-refractivity contribution in [1.29, 1.82) is 0 Å². The predicted octanol–water partition coefficient (Wildman–Crippen LogP) is 4.55. The summed E-state index contributed by atoms with van der Waals surface area (Å²) < 4.78 is 21.9. The van der Waals surface area contributed by atoms with E-state index in [0.717, 1.165) is 11.3 Å². The SMILES string of the molecule is COc1ccc(C2C(C(=O)Nc3cccc(C)n3)CCC(=O)N2c2cc(OC)c(OC)c(OC)c2)cc1. The second-order valence-electron chi connectivity index (χ2n) is 8.66. The Morgan fingerprint density at radius 1 is 0.946 bits per heavy atom. The molecule has 1 aromatic heterocycles. The normalized spacial score (nSPS) is 17.2. The molecule has 9 heteroatoms. The summed E-state index contributed by atoms with van der Waals surface area (Å²) in [5.74, 6) is 1.50. The number of aromatic nitrogens is 1. The van der Waals surface area contributed by atoms with Crippen molar-refractivity contribution in [2.45, 2.75) is 25.8 Å². The van der Waals surface area contributed by atoms with Crippen molar-refractivity contribution in [3.05, 3.63) is 65.9 Å². The number of amides is 2. The smallest absolute Gasteiger partial charge is 0.231 e. The highest BCUT2D eigenvalue weighted by Crippen LogP contribution is 2.46. The second kappa shape index (κ2) is 11.2. The van der Waals surface area contributed by atoms with E-state index in [1.54, 1.807) is 30.2 Å². The fraction of sp³-hybridized carbons (Fsp3) is 0.321. The molecule has 194 valence electrons. The number of carbonyl (C=O) groups is 2. The lowest BCUT2D eigenvalue weighted by molar-refractivity contribution is -0.125. The van der Waals surface area contributed by atoms with Crippen molar-refractivity contribution < 1.29 is 28.5 Å². The van der Waals surface area contributed by atoms with E-state index >= 15 is 0 Å². The maximum atomic E-state index is 13.6. The first-order valence-corrected chi connectivity index (χ1v) is 11.9. The summed E-state index contributed by atoms with van der Waals surface area (Å²) >= 11 is 0. The number of rotatable bonds is 8. The number of piperidine rings is 1. The molecule has 1 fully saturated rings. The van der Waals surface area contributed by atoms with Gasteiger partial charge in [-0.2, -0.15) is 0 Å². The standard InChI is InChI=1S/C28H31N3O6/c1-17-7-6-8-24(29-17)30-28(33)21-13-14-25(32)31(26(21)18-9-11-20(34-2)12-10-18)19-15-22(35-3)27(37-5)23(16-19)36-4/h6-12,15-16,21,26H,13-14H2,1-5H3,(H,29,30,33). The monoisotopic (exact) mass is 505 g/mol. The van der Waals surface area contributed by atoms with E-state index in [0.29, 0.717) is 40.9 Å². The summed E-state index contributed by atoms with van der Waals surface area (Å²) in [6.45, 7) is 1.86. The maximum Gasteiger partial charge on any atom is 0.231 e. The van der Waals surface area contributed by atoms with Crippen molar-refractivity contribution in [1.82, 2.24) is 4.98 Å². The number of hydrogen-bond acceptors (Lipinski definition) is 7. The van der Waals surface area contributed by atoms with E-state index in [1.807, 2.05) is 43.3 Å². The molecule has 37 heavy (non-hydrogen) atoms. The van der Waals surface area contributed by atoms with Gasteiger partial charge in [0, 0.05) is 24.2 Å². The first-order chi connectivity index (χ1) is 17.9. The van der Waals surface area contributed by atoms with Gasteiger partial charge in [0.25, 0.3) is 0 Å². The van der Waals surface area contributed by atoms with Gasteiger partial charge in [-0.05, 0) is 43.2 Å². The first-order valence-electron chi connectivity index (χ1n) is 11.9. The first kappa shape index (κ1) is 25.8. The van der Waals surface area contributed by atoms with Crippen LogP contribution < -0.4 is 29.2 Å². The van der Waals surface area contributed by atoms with Crippen LogP contribution in [-0.4, -0.2) is 45.2 Å². The van der Waals surface area contributed by atoms with Crippen molar-refractivity contribution in [2.75, 3.05) is 38.7 Å². The van der Waals surface area contributed by atoms with E-state index in [2.05, 4.69) is 10.3 Å². The van der Waals surface area contributed by atoms with Gasteiger partial charge < -0.3 is 29.2 Å². The number of benzene rings is 2. The minimum absolute atomic E-state index is 0.118. The third kappa shape index (κ3) is 5.30. The molecule has 0 saturated carbocycles. The Hall–Kier alpha value is -4.27. The number of pyridine rings is 1. The summed E-state index contributed by atoms with van der Waals surface area (Å²) in [5.41, 5.74) is 2.12. The molecule has 0 aliphatic carbocycles. The van der Waals surface area contributed by atoms with Crippen LogP contribution in [0.3, 0.4) is 0 Å².